The summed E-state index contributed by atoms with van der Waals surface area (Å²) in [5.41, 5.74) is 1.92. The fourth-order valence-corrected chi connectivity index (χ4v) is 2.30. The Bertz CT molecular complexity index is 600. The van der Waals surface area contributed by atoms with Gasteiger partial charge in [0, 0.05) is 10.0 Å². The third-order valence-electron chi connectivity index (χ3n) is 3.36. The Morgan fingerprint density at radius 2 is 1.52 bits per heavy atom. The van der Waals surface area contributed by atoms with Gasteiger partial charge in [-0.3, -0.25) is 4.79 Å². The first-order valence-electron chi connectivity index (χ1n) is 7.04. The van der Waals surface area contributed by atoms with E-state index in [0.717, 1.165) is 10.2 Å². The molecule has 0 fully saturated rings. The summed E-state index contributed by atoms with van der Waals surface area (Å²) >= 11 is 3.36. The predicted octanol–water partition coefficient (Wildman–Crippen LogP) is 5.22. The van der Waals surface area contributed by atoms with Gasteiger partial charge in [0.2, 0.25) is 5.78 Å². The van der Waals surface area contributed by atoms with Crippen molar-refractivity contribution >= 4 is 21.7 Å². The Hall–Kier alpha value is -1.61. The number of benzene rings is 2. The highest BCUT2D eigenvalue weighted by Crippen LogP contribution is 2.20. The Labute approximate surface area is 134 Å². The Balaban J connectivity index is 2.05. The third kappa shape index (κ3) is 4.18. The predicted molar refractivity (Wildman–Crippen MR) is 89.1 cm³/mol. The van der Waals surface area contributed by atoms with Crippen molar-refractivity contribution in [3.8, 4) is 5.75 Å². The van der Waals surface area contributed by atoms with Crippen molar-refractivity contribution in [1.29, 1.82) is 0 Å². The van der Waals surface area contributed by atoms with E-state index < -0.39 is 6.10 Å². The first-order valence-corrected chi connectivity index (χ1v) is 7.83. The zero-order chi connectivity index (χ0) is 15.4. The van der Waals surface area contributed by atoms with Gasteiger partial charge in [0.15, 0.2) is 6.10 Å². The maximum absolute atomic E-state index is 12.3. The van der Waals surface area contributed by atoms with Crippen LogP contribution in [0.4, 0.5) is 0 Å². The molecule has 0 amide bonds. The van der Waals surface area contributed by atoms with E-state index in [2.05, 4.69) is 29.8 Å². The van der Waals surface area contributed by atoms with Gasteiger partial charge in [0.25, 0.3) is 0 Å². The average Bonchev–Trinajstić information content (AvgIpc) is 2.47. The molecule has 2 aromatic carbocycles. The topological polar surface area (TPSA) is 26.3 Å². The molecule has 1 atom stereocenters. The van der Waals surface area contributed by atoms with Gasteiger partial charge in [-0.2, -0.15) is 0 Å². The molecule has 0 aliphatic heterocycles. The minimum absolute atomic E-state index is 0.0181. The lowest BCUT2D eigenvalue weighted by Gasteiger charge is -2.14. The quantitative estimate of drug-likeness (QED) is 0.693. The van der Waals surface area contributed by atoms with Crippen LogP contribution in [-0.2, 0) is 0 Å². The standard InChI is InChI=1S/C18H19BrO2/c1-12(2)14-6-10-17(11-7-14)21-13(3)18(20)15-4-8-16(19)9-5-15/h4-13H,1-3H3. The second-order valence-corrected chi connectivity index (χ2v) is 6.27. The Morgan fingerprint density at radius 1 is 0.952 bits per heavy atom. The van der Waals surface area contributed by atoms with Crippen LogP contribution >= 0.6 is 15.9 Å². The molecule has 0 N–H and O–H groups in total. The van der Waals surface area contributed by atoms with Gasteiger partial charge >= 0.3 is 0 Å². The summed E-state index contributed by atoms with van der Waals surface area (Å²) in [5.74, 6) is 1.19. The summed E-state index contributed by atoms with van der Waals surface area (Å²) in [6, 6.07) is 15.2. The average molecular weight is 347 g/mol. The van der Waals surface area contributed by atoms with Crippen LogP contribution in [0.15, 0.2) is 53.0 Å². The first kappa shape index (κ1) is 15.8. The van der Waals surface area contributed by atoms with Crippen LogP contribution in [0, 0.1) is 0 Å². The summed E-state index contributed by atoms with van der Waals surface area (Å²) in [7, 11) is 0. The van der Waals surface area contributed by atoms with Gasteiger partial charge in [-0.1, -0.05) is 54.0 Å². The Morgan fingerprint density at radius 3 is 2.05 bits per heavy atom. The van der Waals surface area contributed by atoms with Crippen LogP contribution in [0.1, 0.15) is 42.6 Å². The zero-order valence-electron chi connectivity index (χ0n) is 12.5. The third-order valence-corrected chi connectivity index (χ3v) is 3.89. The van der Waals surface area contributed by atoms with Crippen LogP contribution < -0.4 is 4.74 Å². The van der Waals surface area contributed by atoms with Crippen molar-refractivity contribution in [3.63, 3.8) is 0 Å². The number of carbonyl (C=O) groups is 1. The number of carbonyl (C=O) groups excluding carboxylic acids is 1. The molecule has 0 aromatic heterocycles. The molecule has 2 nitrogen and oxygen atoms in total. The van der Waals surface area contributed by atoms with Crippen LogP contribution in [-0.4, -0.2) is 11.9 Å². The second kappa shape index (κ2) is 6.90. The van der Waals surface area contributed by atoms with Crippen LogP contribution in [0.25, 0.3) is 0 Å². The van der Waals surface area contributed by atoms with Crippen molar-refractivity contribution in [2.45, 2.75) is 32.8 Å². The lowest BCUT2D eigenvalue weighted by Crippen LogP contribution is -2.23. The number of hydrogen-bond donors (Lipinski definition) is 0. The van der Waals surface area contributed by atoms with E-state index >= 15 is 0 Å². The molecule has 2 rings (SSSR count). The van der Waals surface area contributed by atoms with Crippen LogP contribution in [0.5, 0.6) is 5.75 Å². The summed E-state index contributed by atoms with van der Waals surface area (Å²) < 4.78 is 6.69. The fraction of sp³-hybridized carbons (Fsp3) is 0.278. The summed E-state index contributed by atoms with van der Waals surface area (Å²) in [6.45, 7) is 6.08. The number of halogens is 1. The second-order valence-electron chi connectivity index (χ2n) is 5.35. The smallest absolute Gasteiger partial charge is 0.202 e. The van der Waals surface area contributed by atoms with E-state index in [4.69, 9.17) is 4.74 Å². The van der Waals surface area contributed by atoms with Crippen molar-refractivity contribution in [1.82, 2.24) is 0 Å². The van der Waals surface area contributed by atoms with Crippen molar-refractivity contribution < 1.29 is 9.53 Å². The lowest BCUT2D eigenvalue weighted by atomic mass is 10.0. The number of hydrogen-bond acceptors (Lipinski definition) is 2. The molecule has 0 aliphatic carbocycles. The van der Waals surface area contributed by atoms with Crippen molar-refractivity contribution in [3.05, 3.63) is 64.1 Å². The van der Waals surface area contributed by atoms with E-state index in [9.17, 15) is 4.79 Å². The molecule has 0 heterocycles. The number of ether oxygens (including phenoxy) is 1. The highest BCUT2D eigenvalue weighted by molar-refractivity contribution is 9.10. The highest BCUT2D eigenvalue weighted by atomic mass is 79.9. The van der Waals surface area contributed by atoms with E-state index in [1.807, 2.05) is 36.4 Å². The van der Waals surface area contributed by atoms with Crippen LogP contribution in [0.3, 0.4) is 0 Å². The monoisotopic (exact) mass is 346 g/mol. The first-order chi connectivity index (χ1) is 9.97. The summed E-state index contributed by atoms with van der Waals surface area (Å²) in [5, 5.41) is 0. The minimum atomic E-state index is -0.504. The van der Waals surface area contributed by atoms with E-state index in [1.165, 1.54) is 5.56 Å². The summed E-state index contributed by atoms with van der Waals surface area (Å²) in [4.78, 5) is 12.3. The molecule has 2 aromatic rings. The normalized spacial score (nSPS) is 12.2. The van der Waals surface area contributed by atoms with E-state index in [1.54, 1.807) is 19.1 Å². The molecular formula is C18H19BrO2. The zero-order valence-corrected chi connectivity index (χ0v) is 14.1. The van der Waals surface area contributed by atoms with Gasteiger partial charge in [0.1, 0.15) is 5.75 Å². The van der Waals surface area contributed by atoms with Gasteiger partial charge in [-0.05, 0) is 42.7 Å². The maximum atomic E-state index is 12.3. The largest absolute Gasteiger partial charge is 0.483 e. The van der Waals surface area contributed by atoms with E-state index in [-0.39, 0.29) is 5.78 Å². The maximum Gasteiger partial charge on any atom is 0.202 e. The molecule has 110 valence electrons. The van der Waals surface area contributed by atoms with Crippen molar-refractivity contribution in [2.75, 3.05) is 0 Å². The molecule has 0 bridgehead atoms. The number of ketones is 1. The molecule has 0 spiro atoms. The number of Topliss-reactive ketones (excluding diaryl/α,β-unsaturated/α-hetero) is 1. The summed E-state index contributed by atoms with van der Waals surface area (Å²) in [6.07, 6.45) is -0.504. The van der Waals surface area contributed by atoms with Crippen LogP contribution in [0.2, 0.25) is 0 Å². The van der Waals surface area contributed by atoms with Gasteiger partial charge in [-0.15, -0.1) is 0 Å². The van der Waals surface area contributed by atoms with Crippen molar-refractivity contribution in [2.24, 2.45) is 0 Å². The molecule has 0 saturated heterocycles. The molecule has 1 unspecified atom stereocenters. The molecule has 21 heavy (non-hydrogen) atoms. The molecular weight excluding hydrogens is 328 g/mol. The fourth-order valence-electron chi connectivity index (χ4n) is 2.04. The molecule has 0 saturated carbocycles. The SMILES string of the molecule is CC(Oc1ccc(C(C)C)cc1)C(=O)c1ccc(Br)cc1. The van der Waals surface area contributed by atoms with E-state index in [0.29, 0.717) is 11.5 Å². The molecule has 0 radical (unpaired) electrons. The highest BCUT2D eigenvalue weighted by Gasteiger charge is 2.16. The molecule has 3 heteroatoms. The Kier molecular flexibility index (Phi) is 5.18. The van der Waals surface area contributed by atoms with Gasteiger partial charge in [0.05, 0.1) is 0 Å². The van der Waals surface area contributed by atoms with Gasteiger partial charge in [-0.25, -0.2) is 0 Å². The van der Waals surface area contributed by atoms with Gasteiger partial charge < -0.3 is 4.74 Å². The minimum Gasteiger partial charge on any atom is -0.483 e. The lowest BCUT2D eigenvalue weighted by molar-refractivity contribution is 0.0818. The number of rotatable bonds is 5. The molecule has 0 aliphatic rings.